The van der Waals surface area contributed by atoms with E-state index >= 15 is 0 Å². The number of primary amides is 1. The summed E-state index contributed by atoms with van der Waals surface area (Å²) in [7, 11) is 0. The van der Waals surface area contributed by atoms with Crippen LogP contribution in [0.3, 0.4) is 0 Å². The molecule has 31 heavy (non-hydrogen) atoms. The summed E-state index contributed by atoms with van der Waals surface area (Å²) in [6.07, 6.45) is 2.74. The Morgan fingerprint density at radius 1 is 1.23 bits per heavy atom. The van der Waals surface area contributed by atoms with Gasteiger partial charge in [-0.1, -0.05) is 41.8 Å². The fraction of sp³-hybridized carbons (Fsp3) is 0.360. The maximum Gasteiger partial charge on any atom is 0.298 e. The number of halogens is 1. The number of benzene rings is 2. The van der Waals surface area contributed by atoms with Crippen molar-refractivity contribution in [1.29, 1.82) is 0 Å². The fourth-order valence-electron chi connectivity index (χ4n) is 5.58. The molecule has 2 heterocycles. The summed E-state index contributed by atoms with van der Waals surface area (Å²) >= 11 is 6.80. The van der Waals surface area contributed by atoms with Crippen LogP contribution in [0.25, 0.3) is 11.1 Å². The van der Waals surface area contributed by atoms with E-state index in [0.29, 0.717) is 29.5 Å². The molecule has 0 radical (unpaired) electrons. The average molecular weight is 434 g/mol. The Hall–Kier alpha value is -2.97. The summed E-state index contributed by atoms with van der Waals surface area (Å²) in [5, 5.41) is 0.536. The van der Waals surface area contributed by atoms with Crippen LogP contribution in [-0.4, -0.2) is 42.4 Å². The van der Waals surface area contributed by atoms with Crippen LogP contribution < -0.4 is 10.6 Å². The molecule has 5 rings (SSSR count). The van der Waals surface area contributed by atoms with Gasteiger partial charge in [0.15, 0.2) is 0 Å². The van der Waals surface area contributed by atoms with Crippen LogP contribution in [0, 0.1) is 17.8 Å². The molecule has 2 N–H and O–H groups in total. The summed E-state index contributed by atoms with van der Waals surface area (Å²) < 4.78 is 0. The van der Waals surface area contributed by atoms with Gasteiger partial charge in [0, 0.05) is 30.8 Å². The molecule has 2 amide bonds. The molecule has 0 unspecified atom stereocenters. The van der Waals surface area contributed by atoms with Gasteiger partial charge in [-0.2, -0.15) is 0 Å². The molecule has 0 aromatic heterocycles. The fourth-order valence-corrected chi connectivity index (χ4v) is 5.91. The van der Waals surface area contributed by atoms with Gasteiger partial charge in [0.2, 0.25) is 5.91 Å². The molecule has 0 saturated carbocycles. The lowest BCUT2D eigenvalue weighted by atomic mass is 9.92. The highest BCUT2D eigenvalue weighted by molar-refractivity contribution is 6.35. The summed E-state index contributed by atoms with van der Waals surface area (Å²) in [5.74, 6) is 5.28. The van der Waals surface area contributed by atoms with Gasteiger partial charge in [-0.25, -0.2) is 0 Å². The number of carbonyl (C=O) groups excluding carboxylic acids is 2. The highest BCUT2D eigenvalue weighted by Gasteiger charge is 2.42. The van der Waals surface area contributed by atoms with Crippen molar-refractivity contribution in [1.82, 2.24) is 4.90 Å². The second-order valence-electron chi connectivity index (χ2n) is 8.55. The molecule has 2 atom stereocenters. The first-order chi connectivity index (χ1) is 15.0. The van der Waals surface area contributed by atoms with Crippen LogP contribution in [-0.2, 0) is 11.2 Å². The number of nitrogens with zero attached hydrogens (tertiary/aromatic N) is 2. The van der Waals surface area contributed by atoms with Gasteiger partial charge in [-0.05, 0) is 60.8 Å². The number of amides is 2. The number of nitrogens with two attached hydrogens (primary N) is 1. The van der Waals surface area contributed by atoms with E-state index in [1.54, 1.807) is 13.0 Å². The highest BCUT2D eigenvalue weighted by Crippen LogP contribution is 2.49. The Morgan fingerprint density at radius 3 is 2.81 bits per heavy atom. The topological polar surface area (TPSA) is 66.6 Å². The molecule has 2 aliphatic heterocycles. The summed E-state index contributed by atoms with van der Waals surface area (Å²) in [6, 6.07) is 10.0. The third-order valence-corrected chi connectivity index (χ3v) is 7.16. The van der Waals surface area contributed by atoms with Crippen molar-refractivity contribution in [2.75, 3.05) is 24.5 Å². The zero-order valence-corrected chi connectivity index (χ0v) is 18.2. The molecule has 1 aliphatic carbocycles. The molecule has 2 saturated heterocycles. The molecular formula is C25H24ClN3O2. The second-order valence-corrected chi connectivity index (χ2v) is 8.96. The number of carbonyl (C=O) groups is 2. The number of hydrogen-bond donors (Lipinski definition) is 1. The first kappa shape index (κ1) is 20.0. The van der Waals surface area contributed by atoms with E-state index in [-0.39, 0.29) is 11.9 Å². The number of fused-ring (bicyclic) bond motifs is 4. The van der Waals surface area contributed by atoms with E-state index < -0.39 is 5.91 Å². The van der Waals surface area contributed by atoms with Crippen molar-refractivity contribution in [3.63, 3.8) is 0 Å². The van der Waals surface area contributed by atoms with E-state index in [1.165, 1.54) is 5.56 Å². The van der Waals surface area contributed by atoms with Crippen LogP contribution in [0.4, 0.5) is 5.69 Å². The largest absolute Gasteiger partial charge is 0.367 e. The maximum absolute atomic E-state index is 12.6. The van der Waals surface area contributed by atoms with Crippen LogP contribution >= 0.6 is 11.6 Å². The normalized spacial score (nSPS) is 21.1. The lowest BCUT2D eigenvalue weighted by Gasteiger charge is -2.35. The van der Waals surface area contributed by atoms with Gasteiger partial charge in [-0.3, -0.25) is 9.59 Å². The molecule has 6 heteroatoms. The number of likely N-dealkylation sites (tertiary alicyclic amines) is 1. The minimum atomic E-state index is -0.456. The Kier molecular flexibility index (Phi) is 4.91. The first-order valence-electron chi connectivity index (χ1n) is 10.7. The number of anilines is 1. The summed E-state index contributed by atoms with van der Waals surface area (Å²) in [5.41, 5.74) is 11.4. The molecule has 158 valence electrons. The molecule has 5 nitrogen and oxygen atoms in total. The van der Waals surface area contributed by atoms with Crippen LogP contribution in [0.2, 0.25) is 5.02 Å². The van der Waals surface area contributed by atoms with E-state index in [0.717, 1.165) is 48.3 Å². The Balaban J connectivity index is 1.59. The summed E-state index contributed by atoms with van der Waals surface area (Å²) in [6.45, 7) is 3.99. The quantitative estimate of drug-likeness (QED) is 0.629. The lowest BCUT2D eigenvalue weighted by Crippen LogP contribution is -2.48. The van der Waals surface area contributed by atoms with E-state index in [2.05, 4.69) is 28.9 Å². The molecular weight excluding hydrogens is 410 g/mol. The van der Waals surface area contributed by atoms with E-state index in [1.807, 2.05) is 17.0 Å². The summed E-state index contributed by atoms with van der Waals surface area (Å²) in [4.78, 5) is 29.0. The smallest absolute Gasteiger partial charge is 0.298 e. The predicted molar refractivity (Wildman–Crippen MR) is 122 cm³/mol. The van der Waals surface area contributed by atoms with E-state index in [9.17, 15) is 9.59 Å². The highest BCUT2D eigenvalue weighted by atomic mass is 35.5. The van der Waals surface area contributed by atoms with Gasteiger partial charge in [0.25, 0.3) is 5.91 Å². The molecule has 0 spiro atoms. The van der Waals surface area contributed by atoms with Crippen molar-refractivity contribution in [2.24, 2.45) is 11.7 Å². The van der Waals surface area contributed by atoms with E-state index in [4.69, 9.17) is 17.3 Å². The number of piperidine rings is 1. The third-order valence-electron chi connectivity index (χ3n) is 6.87. The monoisotopic (exact) mass is 433 g/mol. The van der Waals surface area contributed by atoms with Gasteiger partial charge >= 0.3 is 0 Å². The van der Waals surface area contributed by atoms with Crippen molar-refractivity contribution >= 4 is 29.1 Å². The SMILES string of the molecule is CC#CC(=O)N1CCC[C@@H]2CN(c3c(Cl)cc(C(N)=O)c4c3-c3ccccc3C4)C[C@@H]21. The molecule has 3 aliphatic rings. The van der Waals surface area contributed by atoms with Gasteiger partial charge in [0.05, 0.1) is 16.8 Å². The minimum absolute atomic E-state index is 0.0928. The first-order valence-corrected chi connectivity index (χ1v) is 11.1. The van der Waals surface area contributed by atoms with Crippen molar-refractivity contribution in [2.45, 2.75) is 32.2 Å². The van der Waals surface area contributed by atoms with Crippen LogP contribution in [0.15, 0.2) is 30.3 Å². The van der Waals surface area contributed by atoms with Crippen LogP contribution in [0.1, 0.15) is 41.3 Å². The predicted octanol–water partition coefficient (Wildman–Crippen LogP) is 3.46. The average Bonchev–Trinajstić information content (AvgIpc) is 3.34. The lowest BCUT2D eigenvalue weighted by molar-refractivity contribution is -0.129. The number of hydrogen-bond acceptors (Lipinski definition) is 3. The minimum Gasteiger partial charge on any atom is -0.367 e. The van der Waals surface area contributed by atoms with Crippen molar-refractivity contribution < 1.29 is 9.59 Å². The Labute approximate surface area is 187 Å². The Bertz CT molecular complexity index is 1160. The molecule has 2 fully saturated rings. The number of rotatable bonds is 2. The molecule has 2 aromatic rings. The van der Waals surface area contributed by atoms with Gasteiger partial charge in [0.1, 0.15) is 0 Å². The molecule has 0 bridgehead atoms. The van der Waals surface area contributed by atoms with Crippen molar-refractivity contribution in [3.8, 4) is 23.0 Å². The zero-order valence-electron chi connectivity index (χ0n) is 17.5. The second kappa shape index (κ2) is 7.62. The maximum atomic E-state index is 12.6. The Morgan fingerprint density at radius 2 is 2.03 bits per heavy atom. The van der Waals surface area contributed by atoms with Crippen LogP contribution in [0.5, 0.6) is 0 Å². The zero-order chi connectivity index (χ0) is 21.7. The van der Waals surface area contributed by atoms with Gasteiger partial charge < -0.3 is 15.5 Å². The third kappa shape index (κ3) is 3.18. The standard InChI is InChI=1S/C25H24ClN3O2/c1-2-6-22(30)29-10-5-8-16-13-28(14-21(16)29)24-20(26)12-19(25(27)31)18-11-15-7-3-4-9-17(15)23(18)24/h3-4,7,9,12,16,21H,5,8,10-11,13-14H2,1H3,(H2,27,31)/t16-,21+/m1/s1. The van der Waals surface area contributed by atoms with Gasteiger partial charge in [-0.15, -0.1) is 0 Å². The molecule has 2 aromatic carbocycles. The van der Waals surface area contributed by atoms with Crippen molar-refractivity contribution in [3.05, 3.63) is 52.0 Å².